The van der Waals surface area contributed by atoms with E-state index in [1.807, 2.05) is 29.2 Å². The first-order chi connectivity index (χ1) is 16.0. The van der Waals surface area contributed by atoms with Gasteiger partial charge in [0.05, 0.1) is 16.6 Å². The standard InChI is InChI=1S/C24H21F2N3O3S/c25-17-7-10-23(20(26)13-17)33(31)27-18-8-5-16(6-9-18)24(30)28-11-12-29-19(14-28)15-32-22-4-2-1-3-21(22)29/h1-10,13,19,27H,11-12,14-15H2. The molecule has 170 valence electrons. The highest BCUT2D eigenvalue weighted by atomic mass is 32.2. The number of hydrogen-bond acceptors (Lipinski definition) is 4. The van der Waals surface area contributed by atoms with Crippen LogP contribution < -0.4 is 14.4 Å². The largest absolute Gasteiger partial charge is 0.489 e. The third-order valence-electron chi connectivity index (χ3n) is 5.81. The minimum Gasteiger partial charge on any atom is -0.489 e. The predicted molar refractivity (Wildman–Crippen MR) is 122 cm³/mol. The molecule has 1 fully saturated rings. The summed E-state index contributed by atoms with van der Waals surface area (Å²) in [4.78, 5) is 17.0. The van der Waals surface area contributed by atoms with Crippen molar-refractivity contribution in [3.63, 3.8) is 0 Å². The van der Waals surface area contributed by atoms with Crippen LogP contribution in [0.15, 0.2) is 71.6 Å². The van der Waals surface area contributed by atoms with Gasteiger partial charge in [-0.1, -0.05) is 12.1 Å². The Bertz CT molecular complexity index is 1220. The highest BCUT2D eigenvalue weighted by Gasteiger charge is 2.34. The van der Waals surface area contributed by atoms with Gasteiger partial charge in [-0.2, -0.15) is 0 Å². The molecule has 3 aromatic carbocycles. The molecular formula is C24H21F2N3O3S. The van der Waals surface area contributed by atoms with E-state index in [0.29, 0.717) is 37.0 Å². The summed E-state index contributed by atoms with van der Waals surface area (Å²) in [6.45, 7) is 2.40. The number of carbonyl (C=O) groups excluding carboxylic acids is 1. The summed E-state index contributed by atoms with van der Waals surface area (Å²) in [5.74, 6) is -0.845. The topological polar surface area (TPSA) is 61.9 Å². The van der Waals surface area contributed by atoms with Crippen LogP contribution in [0.5, 0.6) is 5.75 Å². The zero-order chi connectivity index (χ0) is 22.9. The van der Waals surface area contributed by atoms with E-state index in [2.05, 4.69) is 9.62 Å². The molecule has 0 saturated carbocycles. The maximum absolute atomic E-state index is 13.8. The second kappa shape index (κ2) is 8.82. The second-order valence-corrected chi connectivity index (χ2v) is 9.08. The monoisotopic (exact) mass is 469 g/mol. The molecule has 33 heavy (non-hydrogen) atoms. The molecule has 0 aliphatic carbocycles. The molecule has 9 heteroatoms. The van der Waals surface area contributed by atoms with Gasteiger partial charge in [0.15, 0.2) is 11.0 Å². The molecule has 0 spiro atoms. The molecule has 2 atom stereocenters. The van der Waals surface area contributed by atoms with E-state index >= 15 is 0 Å². The predicted octanol–water partition coefficient (Wildman–Crippen LogP) is 3.82. The van der Waals surface area contributed by atoms with Crippen molar-refractivity contribution in [3.05, 3.63) is 83.9 Å². The number of nitrogens with one attached hydrogen (secondary N) is 1. The Balaban J connectivity index is 1.24. The zero-order valence-electron chi connectivity index (χ0n) is 17.5. The highest BCUT2D eigenvalue weighted by molar-refractivity contribution is 7.86. The van der Waals surface area contributed by atoms with Crippen LogP contribution in [0.3, 0.4) is 0 Å². The van der Waals surface area contributed by atoms with E-state index in [1.165, 1.54) is 0 Å². The summed E-state index contributed by atoms with van der Waals surface area (Å²) in [7, 11) is -1.91. The van der Waals surface area contributed by atoms with E-state index in [1.54, 1.807) is 24.3 Å². The number of para-hydroxylation sites is 2. The molecule has 2 aliphatic rings. The Kier molecular flexibility index (Phi) is 5.72. The Hall–Kier alpha value is -3.46. The van der Waals surface area contributed by atoms with Crippen LogP contribution in [-0.4, -0.2) is 47.3 Å². The summed E-state index contributed by atoms with van der Waals surface area (Å²) in [5, 5.41) is 0. The van der Waals surface area contributed by atoms with E-state index in [0.717, 1.165) is 30.1 Å². The lowest BCUT2D eigenvalue weighted by Crippen LogP contribution is -2.58. The van der Waals surface area contributed by atoms with Gasteiger partial charge >= 0.3 is 0 Å². The van der Waals surface area contributed by atoms with Gasteiger partial charge < -0.3 is 19.3 Å². The number of benzene rings is 3. The van der Waals surface area contributed by atoms with Gasteiger partial charge in [0.1, 0.15) is 24.0 Å². The van der Waals surface area contributed by atoms with Crippen molar-refractivity contribution in [1.29, 1.82) is 0 Å². The molecule has 6 nitrogen and oxygen atoms in total. The average Bonchev–Trinajstić information content (AvgIpc) is 2.83. The Morgan fingerprint density at radius 2 is 1.82 bits per heavy atom. The number of piperazine rings is 1. The number of nitrogens with zero attached hydrogens (tertiary/aromatic N) is 2. The van der Waals surface area contributed by atoms with Gasteiger partial charge in [-0.3, -0.25) is 4.79 Å². The minimum atomic E-state index is -1.91. The maximum Gasteiger partial charge on any atom is 0.253 e. The molecule has 1 saturated heterocycles. The number of carbonyl (C=O) groups is 1. The van der Waals surface area contributed by atoms with Crippen LogP contribution in [0.1, 0.15) is 10.4 Å². The third-order valence-corrected chi connectivity index (χ3v) is 6.96. The normalized spacial score (nSPS) is 18.1. The van der Waals surface area contributed by atoms with Crippen molar-refractivity contribution in [2.45, 2.75) is 10.9 Å². The molecule has 1 N–H and O–H groups in total. The van der Waals surface area contributed by atoms with E-state index in [9.17, 15) is 17.8 Å². The number of hydrogen-bond donors (Lipinski definition) is 1. The summed E-state index contributed by atoms with van der Waals surface area (Å²) in [6, 6.07) is 17.4. The summed E-state index contributed by atoms with van der Waals surface area (Å²) < 4.78 is 47.8. The third kappa shape index (κ3) is 4.28. The maximum atomic E-state index is 13.8. The molecule has 2 unspecified atom stereocenters. The highest BCUT2D eigenvalue weighted by Crippen LogP contribution is 2.35. The number of ether oxygens (including phenoxy) is 1. The van der Waals surface area contributed by atoms with Gasteiger partial charge in [-0.15, -0.1) is 0 Å². The number of rotatable bonds is 4. The van der Waals surface area contributed by atoms with Crippen LogP contribution >= 0.6 is 0 Å². The van der Waals surface area contributed by atoms with Gasteiger partial charge in [0.2, 0.25) is 0 Å². The molecule has 5 rings (SSSR count). The summed E-state index contributed by atoms with van der Waals surface area (Å²) >= 11 is 0. The van der Waals surface area contributed by atoms with E-state index in [-0.39, 0.29) is 16.8 Å². The lowest BCUT2D eigenvalue weighted by molar-refractivity contribution is 0.0696. The first-order valence-corrected chi connectivity index (χ1v) is 11.7. The Morgan fingerprint density at radius 3 is 2.61 bits per heavy atom. The zero-order valence-corrected chi connectivity index (χ0v) is 18.4. The van der Waals surface area contributed by atoms with Gasteiger partial charge in [0, 0.05) is 37.0 Å². The molecule has 0 bridgehead atoms. The van der Waals surface area contributed by atoms with Crippen molar-refractivity contribution < 1.29 is 22.5 Å². The lowest BCUT2D eigenvalue weighted by Gasteiger charge is -2.45. The summed E-state index contributed by atoms with van der Waals surface area (Å²) in [6.07, 6.45) is 0. The molecule has 0 radical (unpaired) electrons. The molecular weight excluding hydrogens is 448 g/mol. The SMILES string of the molecule is O=C(c1ccc(NS(=O)c2ccc(F)cc2F)cc1)N1CCN2c3ccccc3OCC2C1. The Morgan fingerprint density at radius 1 is 1.03 bits per heavy atom. The fraction of sp³-hybridized carbons (Fsp3) is 0.208. The fourth-order valence-electron chi connectivity index (χ4n) is 4.15. The minimum absolute atomic E-state index is 0.0894. The Labute approximate surface area is 192 Å². The van der Waals surface area contributed by atoms with Crippen molar-refractivity contribution >= 4 is 28.3 Å². The lowest BCUT2D eigenvalue weighted by atomic mass is 10.1. The van der Waals surface area contributed by atoms with Crippen molar-refractivity contribution in [3.8, 4) is 5.75 Å². The number of anilines is 2. The van der Waals surface area contributed by atoms with Crippen LogP contribution in [0.25, 0.3) is 0 Å². The van der Waals surface area contributed by atoms with Gasteiger partial charge in [-0.05, 0) is 48.5 Å². The van der Waals surface area contributed by atoms with Crippen LogP contribution in [0.2, 0.25) is 0 Å². The quantitative estimate of drug-likeness (QED) is 0.631. The van der Waals surface area contributed by atoms with Crippen molar-refractivity contribution in [2.24, 2.45) is 0 Å². The van der Waals surface area contributed by atoms with Crippen molar-refractivity contribution in [2.75, 3.05) is 35.9 Å². The molecule has 3 aromatic rings. The van der Waals surface area contributed by atoms with Crippen LogP contribution in [-0.2, 0) is 11.0 Å². The fourth-order valence-corrected chi connectivity index (χ4v) is 5.04. The second-order valence-electron chi connectivity index (χ2n) is 7.90. The molecule has 2 heterocycles. The van der Waals surface area contributed by atoms with Crippen LogP contribution in [0.4, 0.5) is 20.2 Å². The van der Waals surface area contributed by atoms with E-state index in [4.69, 9.17) is 4.74 Å². The first kappa shape index (κ1) is 21.4. The number of fused-ring (bicyclic) bond motifs is 3. The van der Waals surface area contributed by atoms with E-state index < -0.39 is 22.6 Å². The number of amides is 1. The van der Waals surface area contributed by atoms with Crippen molar-refractivity contribution in [1.82, 2.24) is 4.90 Å². The van der Waals surface area contributed by atoms with Gasteiger partial charge in [0.25, 0.3) is 5.91 Å². The average molecular weight is 470 g/mol. The van der Waals surface area contributed by atoms with Gasteiger partial charge in [-0.25, -0.2) is 13.0 Å². The summed E-state index contributed by atoms with van der Waals surface area (Å²) in [5.41, 5.74) is 2.02. The molecule has 0 aromatic heterocycles. The molecule has 2 aliphatic heterocycles. The van der Waals surface area contributed by atoms with Crippen LogP contribution in [0, 0.1) is 11.6 Å². The smallest absolute Gasteiger partial charge is 0.253 e. The first-order valence-electron chi connectivity index (χ1n) is 10.5. The molecule has 1 amide bonds. The number of halogens is 2.